The zero-order chi connectivity index (χ0) is 30.5. The Morgan fingerprint density at radius 3 is 1.89 bits per heavy atom. The minimum Gasteiger partial charge on any atom is -0.228 e. The molecule has 0 spiro atoms. The molecule has 0 amide bonds. The Hall–Kier alpha value is -5.91. The van der Waals surface area contributed by atoms with E-state index >= 15 is 0 Å². The normalized spacial score (nSPS) is 11.5. The molecule has 0 radical (unpaired) electrons. The third kappa shape index (κ3) is 4.74. The zero-order valence-electron chi connectivity index (χ0n) is 24.8. The summed E-state index contributed by atoms with van der Waals surface area (Å²) in [6, 6.07) is 49.2. The first-order chi connectivity index (χ1) is 22.7. The Kier molecular flexibility index (Phi) is 6.28. The van der Waals surface area contributed by atoms with Gasteiger partial charge in [-0.1, -0.05) is 108 Å². The molecule has 0 bridgehead atoms. The molecule has 0 atom stereocenters. The highest BCUT2D eigenvalue weighted by atomic mass is 32.1. The van der Waals surface area contributed by atoms with Crippen LogP contribution in [-0.4, -0.2) is 14.5 Å². The van der Waals surface area contributed by atoms with Crippen molar-refractivity contribution < 1.29 is 4.52 Å². The van der Waals surface area contributed by atoms with Gasteiger partial charge in [0.05, 0.1) is 29.3 Å². The highest BCUT2D eigenvalue weighted by Crippen LogP contribution is 2.37. The lowest BCUT2D eigenvalue weighted by molar-refractivity contribution is -0.617. The molecule has 0 fully saturated rings. The van der Waals surface area contributed by atoms with Crippen molar-refractivity contribution in [2.45, 2.75) is 0 Å². The van der Waals surface area contributed by atoms with Crippen molar-refractivity contribution in [3.63, 3.8) is 0 Å². The van der Waals surface area contributed by atoms with Crippen molar-refractivity contribution in [2.24, 2.45) is 0 Å². The number of hydrogen-bond acceptors (Lipinski definition) is 3. The summed E-state index contributed by atoms with van der Waals surface area (Å²) in [5, 5.41) is 2.63. The van der Waals surface area contributed by atoms with Gasteiger partial charge >= 0.3 is 0 Å². The molecule has 0 aliphatic carbocycles. The molecule has 4 aromatic heterocycles. The summed E-state index contributed by atoms with van der Waals surface area (Å²) in [5.41, 5.74) is 9.59. The Morgan fingerprint density at radius 2 is 1.11 bits per heavy atom. The van der Waals surface area contributed by atoms with Gasteiger partial charge in [0.2, 0.25) is 12.4 Å². The maximum atomic E-state index is 5.09. The second kappa shape index (κ2) is 10.9. The first kappa shape index (κ1) is 26.5. The van der Waals surface area contributed by atoms with E-state index in [1.54, 1.807) is 0 Å². The Balaban J connectivity index is 1.08. The maximum Gasteiger partial charge on any atom is 0.209 e. The van der Waals surface area contributed by atoms with Crippen LogP contribution in [0.1, 0.15) is 0 Å². The summed E-state index contributed by atoms with van der Waals surface area (Å²) in [6.45, 7) is 0. The van der Waals surface area contributed by atoms with Crippen LogP contribution >= 0.6 is 11.3 Å². The lowest BCUT2D eigenvalue weighted by Gasteiger charge is -2.10. The second-order valence-electron chi connectivity index (χ2n) is 11.4. The van der Waals surface area contributed by atoms with Gasteiger partial charge in [0.25, 0.3) is 0 Å². The van der Waals surface area contributed by atoms with Crippen LogP contribution in [0.2, 0.25) is 0 Å². The van der Waals surface area contributed by atoms with Gasteiger partial charge in [0, 0.05) is 42.9 Å². The van der Waals surface area contributed by atoms with Crippen LogP contribution in [0.5, 0.6) is 0 Å². The highest BCUT2D eigenvalue weighted by molar-refractivity contribution is 7.25. The van der Waals surface area contributed by atoms with E-state index in [0.717, 1.165) is 39.2 Å². The highest BCUT2D eigenvalue weighted by Gasteiger charge is 2.13. The van der Waals surface area contributed by atoms with Gasteiger partial charge in [-0.25, -0.2) is 9.97 Å². The van der Waals surface area contributed by atoms with E-state index in [2.05, 4.69) is 131 Å². The van der Waals surface area contributed by atoms with Gasteiger partial charge in [0.1, 0.15) is 0 Å². The van der Waals surface area contributed by atoms with Crippen molar-refractivity contribution in [1.82, 2.24) is 14.5 Å². The molecule has 5 heteroatoms. The molecule has 0 saturated carbocycles. The van der Waals surface area contributed by atoms with Gasteiger partial charge in [-0.3, -0.25) is 0 Å². The predicted octanol–water partition coefficient (Wildman–Crippen LogP) is 10.0. The van der Waals surface area contributed by atoms with Crippen LogP contribution in [-0.2, 0) is 0 Å². The minimum absolute atomic E-state index is 0.707. The Morgan fingerprint density at radius 1 is 0.478 bits per heavy atom. The summed E-state index contributed by atoms with van der Waals surface area (Å²) in [7, 11) is 0. The molecule has 0 aliphatic rings. The van der Waals surface area contributed by atoms with E-state index < -0.39 is 0 Å². The summed E-state index contributed by atoms with van der Waals surface area (Å²) in [5.74, 6) is 0.707. The molecule has 0 unspecified atom stereocenters. The third-order valence-corrected chi connectivity index (χ3v) is 9.71. The third-order valence-electron chi connectivity index (χ3n) is 8.56. The molecular formula is C41H27N4S+. The fourth-order valence-electron chi connectivity index (χ4n) is 6.15. The quantitative estimate of drug-likeness (QED) is 0.183. The standard InChI is InChI=1S/C41H27N4S/c1-2-8-30(9-3-1)37-25-38(43-41(42-37)32-18-14-29(15-19-32)34-26-44-22-6-7-23-45(44)27-34)31-16-12-28(13-17-31)33-20-21-40-36(24-33)35-10-4-5-11-39(35)46-40/h1-27H/q+1. The molecular weight excluding hydrogens is 581 g/mol. The predicted molar refractivity (Wildman–Crippen MR) is 189 cm³/mol. The van der Waals surface area contributed by atoms with Crippen molar-refractivity contribution in [3.05, 3.63) is 164 Å². The van der Waals surface area contributed by atoms with Gasteiger partial charge in [0.15, 0.2) is 5.82 Å². The fourth-order valence-corrected chi connectivity index (χ4v) is 7.23. The van der Waals surface area contributed by atoms with Crippen LogP contribution in [0.4, 0.5) is 0 Å². The summed E-state index contributed by atoms with van der Waals surface area (Å²) in [6.07, 6.45) is 8.34. The Labute approximate surface area is 270 Å². The number of hydrogen-bond donors (Lipinski definition) is 0. The number of thiophene rings is 1. The van der Waals surface area contributed by atoms with Crippen LogP contribution in [0.15, 0.2) is 164 Å². The molecule has 0 aliphatic heterocycles. The fraction of sp³-hybridized carbons (Fsp3) is 0. The van der Waals surface area contributed by atoms with Crippen LogP contribution in [0.3, 0.4) is 0 Å². The van der Waals surface area contributed by atoms with Gasteiger partial charge < -0.3 is 0 Å². The van der Waals surface area contributed by atoms with Crippen molar-refractivity contribution in [1.29, 1.82) is 0 Å². The molecule has 216 valence electrons. The lowest BCUT2D eigenvalue weighted by atomic mass is 10.00. The first-order valence-corrected chi connectivity index (χ1v) is 16.1. The van der Waals surface area contributed by atoms with Crippen LogP contribution in [0, 0.1) is 0 Å². The van der Waals surface area contributed by atoms with E-state index in [1.807, 2.05) is 54.1 Å². The summed E-state index contributed by atoms with van der Waals surface area (Å²) >= 11 is 1.85. The average molecular weight is 608 g/mol. The summed E-state index contributed by atoms with van der Waals surface area (Å²) < 4.78 is 6.77. The van der Waals surface area contributed by atoms with Crippen molar-refractivity contribution >= 4 is 31.5 Å². The number of rotatable bonds is 5. The molecule has 0 saturated heterocycles. The molecule has 9 aromatic rings. The molecule has 4 nitrogen and oxygen atoms in total. The topological polar surface area (TPSA) is 34.3 Å². The summed E-state index contributed by atoms with van der Waals surface area (Å²) in [4.78, 5) is 10.1. The van der Waals surface area contributed by atoms with Crippen molar-refractivity contribution in [3.8, 4) is 56.2 Å². The van der Waals surface area contributed by atoms with E-state index in [-0.39, 0.29) is 0 Å². The molecule has 46 heavy (non-hydrogen) atoms. The van der Waals surface area contributed by atoms with E-state index in [9.17, 15) is 0 Å². The zero-order valence-corrected chi connectivity index (χ0v) is 25.6. The molecule has 5 aromatic carbocycles. The van der Waals surface area contributed by atoms with Gasteiger partial charge in [-0.05, 0) is 47.0 Å². The van der Waals surface area contributed by atoms with E-state index in [1.165, 1.54) is 31.3 Å². The molecule has 4 heterocycles. The van der Waals surface area contributed by atoms with E-state index in [4.69, 9.17) is 9.97 Å². The Bertz CT molecular complexity index is 2480. The largest absolute Gasteiger partial charge is 0.228 e. The second-order valence-corrected chi connectivity index (χ2v) is 12.5. The average Bonchev–Trinajstić information content (AvgIpc) is 3.74. The molecule has 0 N–H and O–H groups in total. The van der Waals surface area contributed by atoms with Crippen LogP contribution < -0.4 is 4.52 Å². The first-order valence-electron chi connectivity index (χ1n) is 15.3. The number of benzene rings is 5. The SMILES string of the molecule is c1ccc(-c2cc(-c3ccc(-c4ccc5sc6ccccc6c5c4)cc3)nc(-c3ccc(-c4cn5cccc[n+]5c4)cc3)n2)cc1. The van der Waals surface area contributed by atoms with Gasteiger partial charge in [-0.2, -0.15) is 0 Å². The smallest absolute Gasteiger partial charge is 0.209 e. The number of nitrogens with zero attached hydrogens (tertiary/aromatic N) is 4. The maximum absolute atomic E-state index is 5.09. The number of aromatic nitrogens is 4. The monoisotopic (exact) mass is 607 g/mol. The lowest BCUT2D eigenvalue weighted by Crippen LogP contribution is -2.25. The minimum atomic E-state index is 0.707. The van der Waals surface area contributed by atoms with Gasteiger partial charge in [-0.15, -0.1) is 15.9 Å². The molecule has 9 rings (SSSR count). The van der Waals surface area contributed by atoms with Crippen molar-refractivity contribution in [2.75, 3.05) is 0 Å². The van der Waals surface area contributed by atoms with E-state index in [0.29, 0.717) is 5.82 Å². The number of fused-ring (bicyclic) bond motifs is 4. The van der Waals surface area contributed by atoms with Crippen LogP contribution in [0.25, 0.3) is 76.3 Å².